The van der Waals surface area contributed by atoms with Gasteiger partial charge in [0.15, 0.2) is 0 Å². The Bertz CT molecular complexity index is 2130. The van der Waals surface area contributed by atoms with Crippen LogP contribution in [0, 0.1) is 26.7 Å². The molecule has 0 atom stereocenters. The Labute approximate surface area is 258 Å². The highest BCUT2D eigenvalue weighted by atomic mass is 16.5. The molecule has 0 spiro atoms. The standard InChI is InChI=1S/C39H36N4O/c1-25(2)17-29-15-16-40-38(20-29)43-36-12-7-6-11-34(36)35-14-13-32(22-37(35)43)44-33-19-26(3)18-31(21-33)42-24-30(23-41-42)39-27(4)9-8-10-28(39)5/h6-16,18-25H,17H2,1-5H3. The zero-order valence-corrected chi connectivity index (χ0v) is 25.9. The predicted octanol–water partition coefficient (Wildman–Crippen LogP) is 9.95. The largest absolute Gasteiger partial charge is 0.457 e. The summed E-state index contributed by atoms with van der Waals surface area (Å²) in [6.45, 7) is 10.9. The Morgan fingerprint density at radius 2 is 1.55 bits per heavy atom. The molecule has 0 unspecified atom stereocenters. The molecule has 0 amide bonds. The minimum Gasteiger partial charge on any atom is -0.457 e. The van der Waals surface area contributed by atoms with E-state index in [0.717, 1.165) is 51.6 Å². The molecule has 4 aromatic carbocycles. The van der Waals surface area contributed by atoms with E-state index in [1.807, 2.05) is 23.1 Å². The summed E-state index contributed by atoms with van der Waals surface area (Å²) in [4.78, 5) is 4.81. The van der Waals surface area contributed by atoms with Crippen molar-refractivity contribution < 1.29 is 4.74 Å². The maximum atomic E-state index is 6.55. The first-order valence-corrected chi connectivity index (χ1v) is 15.2. The topological polar surface area (TPSA) is 44.9 Å². The molecule has 5 nitrogen and oxygen atoms in total. The summed E-state index contributed by atoms with van der Waals surface area (Å²) in [5.74, 6) is 3.03. The van der Waals surface area contributed by atoms with Crippen molar-refractivity contribution in [3.8, 4) is 34.1 Å². The fourth-order valence-corrected chi connectivity index (χ4v) is 6.36. The normalized spacial score (nSPS) is 11.6. The lowest BCUT2D eigenvalue weighted by atomic mass is 9.98. The molecule has 7 rings (SSSR count). The van der Waals surface area contributed by atoms with Gasteiger partial charge < -0.3 is 4.74 Å². The van der Waals surface area contributed by atoms with E-state index < -0.39 is 0 Å². The minimum atomic E-state index is 0.572. The highest BCUT2D eigenvalue weighted by Crippen LogP contribution is 2.36. The molecular weight excluding hydrogens is 540 g/mol. The van der Waals surface area contributed by atoms with Crippen LogP contribution in [0.4, 0.5) is 0 Å². The Morgan fingerprint density at radius 3 is 2.36 bits per heavy atom. The third kappa shape index (κ3) is 5.15. The number of ether oxygens (including phenoxy) is 1. The van der Waals surface area contributed by atoms with Crippen molar-refractivity contribution in [3.63, 3.8) is 0 Å². The highest BCUT2D eigenvalue weighted by molar-refractivity contribution is 6.09. The van der Waals surface area contributed by atoms with Crippen molar-refractivity contribution in [2.24, 2.45) is 5.92 Å². The van der Waals surface area contributed by atoms with Crippen LogP contribution < -0.4 is 4.74 Å². The molecule has 0 aliphatic heterocycles. The number of pyridine rings is 1. The number of benzene rings is 4. The van der Waals surface area contributed by atoms with Gasteiger partial charge in [-0.2, -0.15) is 5.10 Å². The van der Waals surface area contributed by atoms with Gasteiger partial charge in [-0.3, -0.25) is 4.57 Å². The van der Waals surface area contributed by atoms with Gasteiger partial charge in [0, 0.05) is 40.9 Å². The van der Waals surface area contributed by atoms with Crippen molar-refractivity contribution in [1.82, 2.24) is 19.3 Å². The maximum Gasteiger partial charge on any atom is 0.137 e. The molecular formula is C39H36N4O. The molecule has 5 heteroatoms. The molecule has 0 bridgehead atoms. The second-order valence-electron chi connectivity index (χ2n) is 12.2. The lowest BCUT2D eigenvalue weighted by Gasteiger charge is -2.12. The van der Waals surface area contributed by atoms with E-state index in [1.165, 1.54) is 33.0 Å². The number of nitrogens with zero attached hydrogens (tertiary/aromatic N) is 4. The minimum absolute atomic E-state index is 0.572. The Balaban J connectivity index is 1.27. The average Bonchev–Trinajstić information content (AvgIpc) is 3.60. The second kappa shape index (κ2) is 11.2. The number of hydrogen-bond donors (Lipinski definition) is 0. The number of rotatable bonds is 7. The van der Waals surface area contributed by atoms with Crippen LogP contribution in [-0.2, 0) is 6.42 Å². The summed E-state index contributed by atoms with van der Waals surface area (Å²) in [7, 11) is 0. The zero-order chi connectivity index (χ0) is 30.4. The van der Waals surface area contributed by atoms with Crippen LogP contribution in [0.1, 0.15) is 36.1 Å². The van der Waals surface area contributed by atoms with Gasteiger partial charge in [-0.1, -0.05) is 50.2 Å². The van der Waals surface area contributed by atoms with Crippen LogP contribution in [-0.4, -0.2) is 19.3 Å². The van der Waals surface area contributed by atoms with E-state index >= 15 is 0 Å². The van der Waals surface area contributed by atoms with Crippen LogP contribution in [0.2, 0.25) is 0 Å². The zero-order valence-electron chi connectivity index (χ0n) is 25.9. The molecule has 0 saturated heterocycles. The molecule has 44 heavy (non-hydrogen) atoms. The number of aryl methyl sites for hydroxylation is 3. The summed E-state index contributed by atoms with van der Waals surface area (Å²) in [6.07, 6.45) is 6.97. The molecule has 218 valence electrons. The SMILES string of the molecule is Cc1cc(Oc2ccc3c4ccccc4n(-c4cc(CC(C)C)ccn4)c3c2)cc(-n2cc(-c3c(C)cccc3C)cn2)c1. The summed E-state index contributed by atoms with van der Waals surface area (Å²) < 4.78 is 10.7. The summed E-state index contributed by atoms with van der Waals surface area (Å²) in [5, 5.41) is 7.09. The van der Waals surface area contributed by atoms with Gasteiger partial charge in [0.2, 0.25) is 0 Å². The fraction of sp³-hybridized carbons (Fsp3) is 0.179. The molecule has 0 aliphatic carbocycles. The first-order chi connectivity index (χ1) is 21.3. The summed E-state index contributed by atoms with van der Waals surface area (Å²) in [5.41, 5.74) is 10.4. The maximum absolute atomic E-state index is 6.55. The van der Waals surface area contributed by atoms with Crippen molar-refractivity contribution in [1.29, 1.82) is 0 Å². The van der Waals surface area contributed by atoms with E-state index in [9.17, 15) is 0 Å². The molecule has 0 fully saturated rings. The van der Waals surface area contributed by atoms with Gasteiger partial charge in [0.05, 0.1) is 22.9 Å². The van der Waals surface area contributed by atoms with Crippen LogP contribution in [0.5, 0.6) is 11.5 Å². The fourth-order valence-electron chi connectivity index (χ4n) is 6.36. The summed E-state index contributed by atoms with van der Waals surface area (Å²) >= 11 is 0. The van der Waals surface area contributed by atoms with E-state index in [2.05, 4.69) is 130 Å². The van der Waals surface area contributed by atoms with Crippen LogP contribution in [0.3, 0.4) is 0 Å². The molecule has 0 saturated carbocycles. The lowest BCUT2D eigenvalue weighted by Crippen LogP contribution is -2.01. The van der Waals surface area contributed by atoms with E-state index in [0.29, 0.717) is 5.92 Å². The van der Waals surface area contributed by atoms with Gasteiger partial charge in [0.25, 0.3) is 0 Å². The van der Waals surface area contributed by atoms with Crippen molar-refractivity contribution in [2.45, 2.75) is 41.0 Å². The lowest BCUT2D eigenvalue weighted by molar-refractivity contribution is 0.482. The quantitative estimate of drug-likeness (QED) is 0.190. The number of para-hydroxylation sites is 1. The van der Waals surface area contributed by atoms with E-state index in [-0.39, 0.29) is 0 Å². The second-order valence-corrected chi connectivity index (χ2v) is 12.2. The van der Waals surface area contributed by atoms with Gasteiger partial charge in [0.1, 0.15) is 17.3 Å². The third-order valence-electron chi connectivity index (χ3n) is 8.22. The monoisotopic (exact) mass is 576 g/mol. The third-order valence-corrected chi connectivity index (χ3v) is 8.22. The molecule has 3 heterocycles. The van der Waals surface area contributed by atoms with Crippen LogP contribution in [0.25, 0.3) is 44.4 Å². The van der Waals surface area contributed by atoms with Gasteiger partial charge in [-0.25, -0.2) is 9.67 Å². The highest BCUT2D eigenvalue weighted by Gasteiger charge is 2.15. The van der Waals surface area contributed by atoms with E-state index in [4.69, 9.17) is 14.8 Å². The molecule has 0 radical (unpaired) electrons. The molecule has 0 aliphatic rings. The van der Waals surface area contributed by atoms with Crippen molar-refractivity contribution >= 4 is 21.8 Å². The average molecular weight is 577 g/mol. The number of hydrogen-bond acceptors (Lipinski definition) is 3. The van der Waals surface area contributed by atoms with Crippen LogP contribution in [0.15, 0.2) is 110 Å². The molecule has 3 aromatic heterocycles. The smallest absolute Gasteiger partial charge is 0.137 e. The first-order valence-electron chi connectivity index (χ1n) is 15.2. The van der Waals surface area contributed by atoms with Crippen LogP contribution >= 0.6 is 0 Å². The van der Waals surface area contributed by atoms with Gasteiger partial charge in [-0.15, -0.1) is 0 Å². The predicted molar refractivity (Wildman–Crippen MR) is 180 cm³/mol. The van der Waals surface area contributed by atoms with Gasteiger partial charge in [-0.05, 0) is 103 Å². The summed E-state index contributed by atoms with van der Waals surface area (Å²) in [6, 6.07) is 31.8. The van der Waals surface area contributed by atoms with Gasteiger partial charge >= 0.3 is 0 Å². The Hall–Kier alpha value is -5.16. The number of aromatic nitrogens is 4. The number of fused-ring (bicyclic) bond motifs is 3. The molecule has 0 N–H and O–H groups in total. The Kier molecular flexibility index (Phi) is 7.01. The van der Waals surface area contributed by atoms with Crippen molar-refractivity contribution in [3.05, 3.63) is 132 Å². The van der Waals surface area contributed by atoms with E-state index in [1.54, 1.807) is 0 Å². The first kappa shape index (κ1) is 27.7. The van der Waals surface area contributed by atoms with Crippen molar-refractivity contribution in [2.75, 3.05) is 0 Å². The Morgan fingerprint density at radius 1 is 0.750 bits per heavy atom. The molecule has 7 aromatic rings.